The molecule has 0 atom stereocenters. The molecule has 0 bridgehead atoms. The molecule has 1 heterocycles. The number of nitrogens with one attached hydrogen (secondary N) is 1. The van der Waals surface area contributed by atoms with Crippen LogP contribution in [0.3, 0.4) is 0 Å². The predicted molar refractivity (Wildman–Crippen MR) is 86.7 cm³/mol. The van der Waals surface area contributed by atoms with E-state index in [0.29, 0.717) is 0 Å². The molecule has 0 saturated heterocycles. The minimum atomic E-state index is -0.825. The second-order valence-electron chi connectivity index (χ2n) is 5.26. The molecule has 0 fully saturated rings. The molecule has 1 N–H and O–H groups in total. The molecule has 4 nitrogen and oxygen atoms in total. The maximum Gasteiger partial charge on any atom is 0.274 e. The van der Waals surface area contributed by atoms with E-state index in [0.717, 1.165) is 37.2 Å². The van der Waals surface area contributed by atoms with Crippen LogP contribution in [0.15, 0.2) is 36.5 Å². The van der Waals surface area contributed by atoms with Gasteiger partial charge in [0.15, 0.2) is 0 Å². The number of aromatic nitrogens is 1. The Labute approximate surface area is 134 Å². The molecule has 0 aliphatic carbocycles. The Bertz CT molecular complexity index is 674. The quantitative estimate of drug-likeness (QED) is 0.879. The van der Waals surface area contributed by atoms with Gasteiger partial charge in [-0.1, -0.05) is 13.3 Å². The summed E-state index contributed by atoms with van der Waals surface area (Å²) < 4.78 is 26.4. The lowest BCUT2D eigenvalue weighted by Gasteiger charge is -2.18. The molecule has 1 aromatic heterocycles. The van der Waals surface area contributed by atoms with Crippen molar-refractivity contribution in [2.24, 2.45) is 0 Å². The third-order valence-electron chi connectivity index (χ3n) is 3.45. The molecule has 6 heteroatoms. The van der Waals surface area contributed by atoms with E-state index < -0.39 is 17.5 Å². The average Bonchev–Trinajstić information content (AvgIpc) is 2.55. The van der Waals surface area contributed by atoms with Crippen LogP contribution in [0.5, 0.6) is 0 Å². The first-order valence-electron chi connectivity index (χ1n) is 7.45. The highest BCUT2D eigenvalue weighted by atomic mass is 19.1. The van der Waals surface area contributed by atoms with Crippen molar-refractivity contribution in [1.82, 2.24) is 4.98 Å². The average molecular weight is 319 g/mol. The number of carbonyl (C=O) groups excluding carboxylic acids is 1. The molecule has 0 spiro atoms. The van der Waals surface area contributed by atoms with Crippen molar-refractivity contribution in [3.05, 3.63) is 53.9 Å². The predicted octanol–water partition coefficient (Wildman–Crippen LogP) is 3.85. The van der Waals surface area contributed by atoms with Crippen LogP contribution in [0, 0.1) is 11.6 Å². The first-order chi connectivity index (χ1) is 11.0. The van der Waals surface area contributed by atoms with Crippen molar-refractivity contribution in [3.8, 4) is 0 Å². The summed E-state index contributed by atoms with van der Waals surface area (Å²) in [6.07, 6.45) is 3.77. The Morgan fingerprint density at radius 2 is 2.04 bits per heavy atom. The van der Waals surface area contributed by atoms with E-state index >= 15 is 0 Å². The SMILES string of the molecule is CCCCN(C)c1ccc(C(=O)Nc2ccc(F)cc2F)nc1. The number of benzene rings is 1. The number of hydrogen-bond acceptors (Lipinski definition) is 3. The fourth-order valence-corrected chi connectivity index (χ4v) is 2.05. The van der Waals surface area contributed by atoms with Crippen LogP contribution in [-0.2, 0) is 0 Å². The summed E-state index contributed by atoms with van der Waals surface area (Å²) in [4.78, 5) is 18.2. The van der Waals surface area contributed by atoms with Crippen molar-refractivity contribution >= 4 is 17.3 Å². The number of anilines is 2. The van der Waals surface area contributed by atoms with Gasteiger partial charge >= 0.3 is 0 Å². The van der Waals surface area contributed by atoms with E-state index in [1.807, 2.05) is 7.05 Å². The van der Waals surface area contributed by atoms with Gasteiger partial charge in [-0.05, 0) is 30.7 Å². The summed E-state index contributed by atoms with van der Waals surface area (Å²) in [7, 11) is 1.96. The zero-order valence-electron chi connectivity index (χ0n) is 13.1. The number of carbonyl (C=O) groups is 1. The summed E-state index contributed by atoms with van der Waals surface area (Å²) in [5.74, 6) is -2.06. The van der Waals surface area contributed by atoms with Gasteiger partial charge in [0.1, 0.15) is 17.3 Å². The Morgan fingerprint density at radius 3 is 2.65 bits per heavy atom. The van der Waals surface area contributed by atoms with Gasteiger partial charge in [-0.3, -0.25) is 4.79 Å². The Hall–Kier alpha value is -2.50. The molecule has 0 unspecified atom stereocenters. The number of halogens is 2. The number of hydrogen-bond donors (Lipinski definition) is 1. The van der Waals surface area contributed by atoms with E-state index in [2.05, 4.69) is 22.1 Å². The monoisotopic (exact) mass is 319 g/mol. The third kappa shape index (κ3) is 4.48. The Morgan fingerprint density at radius 1 is 1.26 bits per heavy atom. The fourth-order valence-electron chi connectivity index (χ4n) is 2.05. The van der Waals surface area contributed by atoms with Crippen molar-refractivity contribution in [2.45, 2.75) is 19.8 Å². The molecule has 0 radical (unpaired) electrons. The largest absolute Gasteiger partial charge is 0.373 e. The van der Waals surface area contributed by atoms with Crippen LogP contribution >= 0.6 is 0 Å². The third-order valence-corrected chi connectivity index (χ3v) is 3.45. The van der Waals surface area contributed by atoms with Gasteiger partial charge in [-0.25, -0.2) is 13.8 Å². The second kappa shape index (κ2) is 7.67. The summed E-state index contributed by atoms with van der Waals surface area (Å²) in [6, 6.07) is 6.34. The molecule has 122 valence electrons. The van der Waals surface area contributed by atoms with Gasteiger partial charge in [-0.15, -0.1) is 0 Å². The van der Waals surface area contributed by atoms with Gasteiger partial charge < -0.3 is 10.2 Å². The summed E-state index contributed by atoms with van der Waals surface area (Å²) >= 11 is 0. The first-order valence-corrected chi connectivity index (χ1v) is 7.45. The Kier molecular flexibility index (Phi) is 5.62. The minimum absolute atomic E-state index is 0.0812. The Balaban J connectivity index is 2.05. The number of unbranched alkanes of at least 4 members (excludes halogenated alkanes) is 1. The van der Waals surface area contributed by atoms with E-state index in [-0.39, 0.29) is 11.4 Å². The van der Waals surface area contributed by atoms with E-state index in [9.17, 15) is 13.6 Å². The molecular formula is C17H19F2N3O. The molecule has 1 aromatic carbocycles. The van der Waals surface area contributed by atoms with Crippen LogP contribution in [-0.4, -0.2) is 24.5 Å². The van der Waals surface area contributed by atoms with Gasteiger partial charge in [-0.2, -0.15) is 0 Å². The van der Waals surface area contributed by atoms with E-state index in [1.165, 1.54) is 6.07 Å². The molecular weight excluding hydrogens is 300 g/mol. The number of rotatable bonds is 6. The summed E-state index contributed by atoms with van der Waals surface area (Å²) in [5, 5.41) is 2.38. The summed E-state index contributed by atoms with van der Waals surface area (Å²) in [6.45, 7) is 3.03. The molecule has 0 aliphatic rings. The zero-order valence-corrected chi connectivity index (χ0v) is 13.1. The lowest BCUT2D eigenvalue weighted by atomic mass is 10.2. The van der Waals surface area contributed by atoms with Crippen molar-refractivity contribution in [3.63, 3.8) is 0 Å². The molecule has 0 aliphatic heterocycles. The molecule has 2 aromatic rings. The molecule has 1 amide bonds. The van der Waals surface area contributed by atoms with Crippen LogP contribution in [0.4, 0.5) is 20.2 Å². The lowest BCUT2D eigenvalue weighted by molar-refractivity contribution is 0.102. The van der Waals surface area contributed by atoms with Gasteiger partial charge in [0.05, 0.1) is 17.6 Å². The van der Waals surface area contributed by atoms with Crippen LogP contribution in [0.1, 0.15) is 30.3 Å². The second-order valence-corrected chi connectivity index (χ2v) is 5.26. The fraction of sp³-hybridized carbons (Fsp3) is 0.294. The number of nitrogens with zero attached hydrogens (tertiary/aromatic N) is 2. The van der Waals surface area contributed by atoms with Gasteiger partial charge in [0.2, 0.25) is 0 Å². The minimum Gasteiger partial charge on any atom is -0.373 e. The van der Waals surface area contributed by atoms with Crippen LogP contribution in [0.25, 0.3) is 0 Å². The maximum atomic E-state index is 13.5. The van der Waals surface area contributed by atoms with Crippen LogP contribution in [0.2, 0.25) is 0 Å². The van der Waals surface area contributed by atoms with Crippen molar-refractivity contribution < 1.29 is 13.6 Å². The van der Waals surface area contributed by atoms with Crippen molar-refractivity contribution in [1.29, 1.82) is 0 Å². The highest BCUT2D eigenvalue weighted by Gasteiger charge is 2.12. The zero-order chi connectivity index (χ0) is 16.8. The molecule has 2 rings (SSSR count). The van der Waals surface area contributed by atoms with Gasteiger partial charge in [0, 0.05) is 19.7 Å². The lowest BCUT2D eigenvalue weighted by Crippen LogP contribution is -2.19. The van der Waals surface area contributed by atoms with Crippen LogP contribution < -0.4 is 10.2 Å². The summed E-state index contributed by atoms with van der Waals surface area (Å²) in [5.41, 5.74) is 0.992. The smallest absolute Gasteiger partial charge is 0.274 e. The molecule has 0 saturated carbocycles. The van der Waals surface area contributed by atoms with E-state index in [4.69, 9.17) is 0 Å². The standard InChI is InChI=1S/C17H19F2N3O/c1-3-4-9-22(2)13-6-8-16(20-11-13)17(23)21-15-7-5-12(18)10-14(15)19/h5-8,10-11H,3-4,9H2,1-2H3,(H,21,23). The topological polar surface area (TPSA) is 45.2 Å². The normalized spacial score (nSPS) is 10.4. The van der Waals surface area contributed by atoms with E-state index in [1.54, 1.807) is 18.3 Å². The first kappa shape index (κ1) is 16.9. The highest BCUT2D eigenvalue weighted by Crippen LogP contribution is 2.17. The number of amides is 1. The molecule has 23 heavy (non-hydrogen) atoms. The van der Waals surface area contributed by atoms with Gasteiger partial charge in [0.25, 0.3) is 5.91 Å². The van der Waals surface area contributed by atoms with Crippen molar-refractivity contribution in [2.75, 3.05) is 23.8 Å². The number of pyridine rings is 1. The highest BCUT2D eigenvalue weighted by molar-refractivity contribution is 6.03. The maximum absolute atomic E-state index is 13.5.